The highest BCUT2D eigenvalue weighted by molar-refractivity contribution is 5.10. The van der Waals surface area contributed by atoms with Gasteiger partial charge >= 0.3 is 0 Å². The Morgan fingerprint density at radius 3 is 2.93 bits per heavy atom. The van der Waals surface area contributed by atoms with E-state index in [4.69, 9.17) is 9.15 Å². The molecular formula is C10H14N2O2. The van der Waals surface area contributed by atoms with Gasteiger partial charge in [0.1, 0.15) is 6.26 Å². The van der Waals surface area contributed by atoms with Crippen LogP contribution in [0.2, 0.25) is 0 Å². The van der Waals surface area contributed by atoms with Crippen molar-refractivity contribution in [2.75, 3.05) is 26.3 Å². The van der Waals surface area contributed by atoms with E-state index < -0.39 is 0 Å². The molecule has 14 heavy (non-hydrogen) atoms. The number of nitrogens with zero attached hydrogens (tertiary/aromatic N) is 1. The molecule has 1 unspecified atom stereocenters. The topological polar surface area (TPSA) is 47.3 Å². The van der Waals surface area contributed by atoms with Gasteiger partial charge in [-0.05, 0) is 6.42 Å². The second-order valence-corrected chi connectivity index (χ2v) is 4.03. The van der Waals surface area contributed by atoms with Crippen molar-refractivity contribution in [1.29, 1.82) is 0 Å². The number of nitrogens with one attached hydrogen (secondary N) is 1. The highest BCUT2D eigenvalue weighted by atomic mass is 16.5. The van der Waals surface area contributed by atoms with Crippen LogP contribution < -0.4 is 5.32 Å². The van der Waals surface area contributed by atoms with E-state index in [1.54, 1.807) is 6.26 Å². The lowest BCUT2D eigenvalue weighted by molar-refractivity contribution is 0.193. The van der Waals surface area contributed by atoms with E-state index in [9.17, 15) is 0 Å². The Balaban J connectivity index is 1.75. The van der Waals surface area contributed by atoms with Crippen LogP contribution in [0.1, 0.15) is 29.8 Å². The predicted octanol–water partition coefficient (Wildman–Crippen LogP) is 0.865. The largest absolute Gasteiger partial charge is 0.448 e. The fourth-order valence-corrected chi connectivity index (χ4v) is 1.91. The Bertz CT molecular complexity index is 314. The molecule has 2 fully saturated rings. The number of oxazole rings is 1. The van der Waals surface area contributed by atoms with Crippen molar-refractivity contribution in [1.82, 2.24) is 10.3 Å². The number of rotatable bonds is 2. The van der Waals surface area contributed by atoms with Gasteiger partial charge in [-0.25, -0.2) is 4.98 Å². The van der Waals surface area contributed by atoms with Gasteiger partial charge in [0.05, 0.1) is 18.2 Å². The summed E-state index contributed by atoms with van der Waals surface area (Å²) in [6.45, 7) is 3.66. The zero-order valence-corrected chi connectivity index (χ0v) is 8.03. The average molecular weight is 194 g/mol. The molecule has 0 saturated carbocycles. The summed E-state index contributed by atoms with van der Waals surface area (Å²) >= 11 is 0. The van der Waals surface area contributed by atoms with Gasteiger partial charge in [0.2, 0.25) is 0 Å². The van der Waals surface area contributed by atoms with Gasteiger partial charge in [-0.3, -0.25) is 0 Å². The number of ether oxygens (including phenoxy) is 1. The number of hydrogen-bond donors (Lipinski definition) is 1. The Hall–Kier alpha value is -0.870. The van der Waals surface area contributed by atoms with Crippen molar-refractivity contribution in [3.05, 3.63) is 17.8 Å². The summed E-state index contributed by atoms with van der Waals surface area (Å²) in [4.78, 5) is 4.53. The van der Waals surface area contributed by atoms with Crippen LogP contribution in [0.4, 0.5) is 0 Å². The fraction of sp³-hybridized carbons (Fsp3) is 0.700. The van der Waals surface area contributed by atoms with E-state index in [1.807, 2.05) is 0 Å². The van der Waals surface area contributed by atoms with Crippen LogP contribution in [0, 0.1) is 0 Å². The molecule has 1 atom stereocenters. The fourth-order valence-electron chi connectivity index (χ4n) is 1.91. The van der Waals surface area contributed by atoms with Crippen LogP contribution >= 0.6 is 0 Å². The summed E-state index contributed by atoms with van der Waals surface area (Å²) in [5, 5.41) is 3.21. The van der Waals surface area contributed by atoms with E-state index >= 15 is 0 Å². The third-order valence-electron chi connectivity index (χ3n) is 3.02. The first-order valence-corrected chi connectivity index (χ1v) is 5.17. The minimum absolute atomic E-state index is 0.459. The lowest BCUT2D eigenvalue weighted by Crippen LogP contribution is -2.40. The van der Waals surface area contributed by atoms with Crippen LogP contribution in [-0.4, -0.2) is 31.3 Å². The second-order valence-electron chi connectivity index (χ2n) is 4.03. The maximum atomic E-state index is 5.47. The maximum absolute atomic E-state index is 5.47. The summed E-state index contributed by atoms with van der Waals surface area (Å²) in [6.07, 6.45) is 2.88. The standard InChI is InChI=1S/C10H14N2O2/c1-2-13-5-7(1)9-6-14-10(12-9)8-3-11-4-8/h6-8,11H,1-5H2. The quantitative estimate of drug-likeness (QED) is 0.758. The molecule has 76 valence electrons. The molecule has 4 heteroatoms. The van der Waals surface area contributed by atoms with Crippen molar-refractivity contribution in [2.45, 2.75) is 18.3 Å². The molecule has 2 aliphatic heterocycles. The number of aromatic nitrogens is 1. The third kappa shape index (κ3) is 1.35. The van der Waals surface area contributed by atoms with Gasteiger partial charge in [0, 0.05) is 25.6 Å². The SMILES string of the molecule is c1oc(C2CNC2)nc1C1CCOC1. The van der Waals surface area contributed by atoms with E-state index in [0.717, 1.165) is 44.3 Å². The van der Waals surface area contributed by atoms with Gasteiger partial charge in [-0.1, -0.05) is 0 Å². The van der Waals surface area contributed by atoms with Crippen LogP contribution in [-0.2, 0) is 4.74 Å². The summed E-state index contributed by atoms with van der Waals surface area (Å²) < 4.78 is 10.8. The minimum Gasteiger partial charge on any atom is -0.448 e. The molecule has 1 aromatic heterocycles. The van der Waals surface area contributed by atoms with E-state index in [-0.39, 0.29) is 0 Å². The van der Waals surface area contributed by atoms with Crippen LogP contribution in [0.25, 0.3) is 0 Å². The van der Waals surface area contributed by atoms with Crippen molar-refractivity contribution >= 4 is 0 Å². The molecule has 3 rings (SSSR count). The monoisotopic (exact) mass is 194 g/mol. The number of hydrogen-bond acceptors (Lipinski definition) is 4. The van der Waals surface area contributed by atoms with Crippen molar-refractivity contribution in [3.63, 3.8) is 0 Å². The molecule has 0 radical (unpaired) electrons. The zero-order chi connectivity index (χ0) is 9.38. The molecular weight excluding hydrogens is 180 g/mol. The molecule has 2 saturated heterocycles. The Kier molecular flexibility index (Phi) is 2.03. The molecule has 0 aliphatic carbocycles. The Morgan fingerprint density at radius 1 is 1.36 bits per heavy atom. The second kappa shape index (κ2) is 3.37. The summed E-state index contributed by atoms with van der Waals surface area (Å²) in [7, 11) is 0. The lowest BCUT2D eigenvalue weighted by atomic mass is 10.0. The highest BCUT2D eigenvalue weighted by Crippen LogP contribution is 2.27. The van der Waals surface area contributed by atoms with Crippen molar-refractivity contribution in [2.24, 2.45) is 0 Å². The predicted molar refractivity (Wildman–Crippen MR) is 50.3 cm³/mol. The van der Waals surface area contributed by atoms with Gasteiger partial charge in [0.15, 0.2) is 5.89 Å². The van der Waals surface area contributed by atoms with Crippen LogP contribution in [0.5, 0.6) is 0 Å². The van der Waals surface area contributed by atoms with Gasteiger partial charge in [-0.15, -0.1) is 0 Å². The molecule has 4 nitrogen and oxygen atoms in total. The first-order valence-electron chi connectivity index (χ1n) is 5.17. The van der Waals surface area contributed by atoms with Crippen LogP contribution in [0.15, 0.2) is 10.7 Å². The molecule has 1 N–H and O–H groups in total. The minimum atomic E-state index is 0.459. The van der Waals surface area contributed by atoms with Gasteiger partial charge in [-0.2, -0.15) is 0 Å². The van der Waals surface area contributed by atoms with E-state index in [2.05, 4.69) is 10.3 Å². The maximum Gasteiger partial charge on any atom is 0.199 e. The summed E-state index contributed by atoms with van der Waals surface area (Å²) in [5.74, 6) is 1.84. The third-order valence-corrected chi connectivity index (χ3v) is 3.02. The lowest BCUT2D eigenvalue weighted by Gasteiger charge is -2.23. The van der Waals surface area contributed by atoms with Gasteiger partial charge < -0.3 is 14.5 Å². The molecule has 3 heterocycles. The normalized spacial score (nSPS) is 27.9. The first-order chi connectivity index (χ1) is 6.93. The molecule has 1 aromatic rings. The zero-order valence-electron chi connectivity index (χ0n) is 8.03. The van der Waals surface area contributed by atoms with Crippen molar-refractivity contribution < 1.29 is 9.15 Å². The first kappa shape index (κ1) is 8.44. The summed E-state index contributed by atoms with van der Waals surface area (Å²) in [5.41, 5.74) is 1.07. The molecule has 0 amide bonds. The smallest absolute Gasteiger partial charge is 0.199 e. The summed E-state index contributed by atoms with van der Waals surface area (Å²) in [6, 6.07) is 0. The molecule has 2 aliphatic rings. The van der Waals surface area contributed by atoms with E-state index in [0.29, 0.717) is 11.8 Å². The molecule has 0 bridgehead atoms. The van der Waals surface area contributed by atoms with Gasteiger partial charge in [0.25, 0.3) is 0 Å². The average Bonchev–Trinajstić information content (AvgIpc) is 2.65. The molecule has 0 spiro atoms. The Morgan fingerprint density at radius 2 is 2.29 bits per heavy atom. The Labute approximate surface area is 82.7 Å². The van der Waals surface area contributed by atoms with E-state index in [1.165, 1.54) is 0 Å². The molecule has 0 aromatic carbocycles. The highest BCUT2D eigenvalue weighted by Gasteiger charge is 2.26. The van der Waals surface area contributed by atoms with Crippen LogP contribution in [0.3, 0.4) is 0 Å². The van der Waals surface area contributed by atoms with Crippen molar-refractivity contribution in [3.8, 4) is 0 Å².